The Bertz CT molecular complexity index is 475. The Labute approximate surface area is 97.7 Å². The molecule has 1 atom stereocenters. The van der Waals surface area contributed by atoms with Crippen LogP contribution in [0.25, 0.3) is 0 Å². The molecule has 16 heavy (non-hydrogen) atoms. The first-order valence-electron chi connectivity index (χ1n) is 5.03. The molecule has 0 aliphatic rings. The largest absolute Gasteiger partial charge is 0.347 e. The average Bonchev–Trinajstić information content (AvgIpc) is 2.87. The van der Waals surface area contributed by atoms with Crippen LogP contribution in [0.15, 0.2) is 24.5 Å². The Hall–Kier alpha value is -1.62. The molecule has 0 spiro atoms. The summed E-state index contributed by atoms with van der Waals surface area (Å²) in [5, 5.41) is 2.89. The molecular formula is C11H13N3OS. The minimum absolute atomic E-state index is 0.0537. The van der Waals surface area contributed by atoms with Crippen LogP contribution in [-0.4, -0.2) is 15.9 Å². The van der Waals surface area contributed by atoms with Crippen LogP contribution >= 0.6 is 11.3 Å². The van der Waals surface area contributed by atoms with E-state index in [-0.39, 0.29) is 11.9 Å². The zero-order valence-electron chi connectivity index (χ0n) is 9.15. The SMILES string of the molecule is Cc1ccc(C(=O)NC(C)c2ncc[nH]2)s1. The number of hydrogen-bond acceptors (Lipinski definition) is 3. The van der Waals surface area contributed by atoms with Crippen molar-refractivity contribution in [3.8, 4) is 0 Å². The van der Waals surface area contributed by atoms with Crippen molar-refractivity contribution < 1.29 is 4.79 Å². The number of nitrogens with one attached hydrogen (secondary N) is 2. The summed E-state index contributed by atoms with van der Waals surface area (Å²) in [6, 6.07) is 3.67. The van der Waals surface area contributed by atoms with E-state index in [4.69, 9.17) is 0 Å². The van der Waals surface area contributed by atoms with Crippen molar-refractivity contribution in [1.29, 1.82) is 0 Å². The minimum atomic E-state index is -0.107. The van der Waals surface area contributed by atoms with Gasteiger partial charge in [0.25, 0.3) is 5.91 Å². The number of aromatic amines is 1. The fourth-order valence-corrected chi connectivity index (χ4v) is 2.18. The van der Waals surface area contributed by atoms with Crippen LogP contribution in [0, 0.1) is 6.92 Å². The maximum atomic E-state index is 11.8. The van der Waals surface area contributed by atoms with Gasteiger partial charge < -0.3 is 10.3 Å². The average molecular weight is 235 g/mol. The minimum Gasteiger partial charge on any atom is -0.347 e. The number of rotatable bonds is 3. The highest BCUT2D eigenvalue weighted by molar-refractivity contribution is 7.13. The van der Waals surface area contributed by atoms with Gasteiger partial charge in [0.1, 0.15) is 5.82 Å². The molecule has 5 heteroatoms. The van der Waals surface area contributed by atoms with E-state index < -0.39 is 0 Å². The van der Waals surface area contributed by atoms with Gasteiger partial charge in [-0.25, -0.2) is 4.98 Å². The molecule has 84 valence electrons. The molecular weight excluding hydrogens is 222 g/mol. The lowest BCUT2D eigenvalue weighted by Gasteiger charge is -2.10. The smallest absolute Gasteiger partial charge is 0.261 e. The van der Waals surface area contributed by atoms with Gasteiger partial charge in [0, 0.05) is 17.3 Å². The first-order chi connectivity index (χ1) is 7.66. The van der Waals surface area contributed by atoms with E-state index >= 15 is 0 Å². The van der Waals surface area contributed by atoms with E-state index in [2.05, 4.69) is 15.3 Å². The molecule has 0 aromatic carbocycles. The van der Waals surface area contributed by atoms with Gasteiger partial charge in [0.05, 0.1) is 10.9 Å². The lowest BCUT2D eigenvalue weighted by Crippen LogP contribution is -2.26. The second-order valence-corrected chi connectivity index (χ2v) is 4.87. The molecule has 0 radical (unpaired) electrons. The lowest BCUT2D eigenvalue weighted by atomic mass is 10.3. The number of hydrogen-bond donors (Lipinski definition) is 2. The van der Waals surface area contributed by atoms with Gasteiger partial charge in [-0.3, -0.25) is 4.79 Å². The molecule has 2 N–H and O–H groups in total. The van der Waals surface area contributed by atoms with Gasteiger partial charge in [0.2, 0.25) is 0 Å². The van der Waals surface area contributed by atoms with Crippen LogP contribution < -0.4 is 5.32 Å². The van der Waals surface area contributed by atoms with Gasteiger partial charge >= 0.3 is 0 Å². The Balaban J connectivity index is 2.03. The van der Waals surface area contributed by atoms with Crippen molar-refractivity contribution in [2.75, 3.05) is 0 Å². The van der Waals surface area contributed by atoms with Crippen LogP contribution in [0.2, 0.25) is 0 Å². The van der Waals surface area contributed by atoms with Crippen molar-refractivity contribution in [2.24, 2.45) is 0 Å². The maximum absolute atomic E-state index is 11.8. The third-order valence-corrected chi connectivity index (χ3v) is 3.24. The zero-order valence-corrected chi connectivity index (χ0v) is 9.97. The van der Waals surface area contributed by atoms with Crippen molar-refractivity contribution in [3.63, 3.8) is 0 Å². The topological polar surface area (TPSA) is 57.8 Å². The summed E-state index contributed by atoms with van der Waals surface area (Å²) in [5.74, 6) is 0.712. The molecule has 0 saturated carbocycles. The summed E-state index contributed by atoms with van der Waals surface area (Å²) in [6.45, 7) is 3.88. The van der Waals surface area contributed by atoms with E-state index in [0.29, 0.717) is 0 Å². The summed E-state index contributed by atoms with van der Waals surface area (Å²) in [4.78, 5) is 20.8. The van der Waals surface area contributed by atoms with E-state index in [0.717, 1.165) is 15.6 Å². The highest BCUT2D eigenvalue weighted by atomic mass is 32.1. The molecule has 0 bridgehead atoms. The lowest BCUT2D eigenvalue weighted by molar-refractivity contribution is 0.0942. The predicted octanol–water partition coefficient (Wildman–Crippen LogP) is 2.27. The Morgan fingerprint density at radius 1 is 1.56 bits per heavy atom. The fraction of sp³-hybridized carbons (Fsp3) is 0.273. The standard InChI is InChI=1S/C11H13N3OS/c1-7-3-4-9(16-7)11(15)14-8(2)10-12-5-6-13-10/h3-6,8H,1-2H3,(H,12,13)(H,14,15). The highest BCUT2D eigenvalue weighted by Gasteiger charge is 2.13. The van der Waals surface area contributed by atoms with Crippen LogP contribution in [0.5, 0.6) is 0 Å². The summed E-state index contributed by atoms with van der Waals surface area (Å²) in [7, 11) is 0. The van der Waals surface area contributed by atoms with Crippen LogP contribution in [0.4, 0.5) is 0 Å². The molecule has 4 nitrogen and oxygen atoms in total. The van der Waals surface area contributed by atoms with Crippen LogP contribution in [0.1, 0.15) is 33.3 Å². The number of carbonyl (C=O) groups is 1. The highest BCUT2D eigenvalue weighted by Crippen LogP contribution is 2.16. The molecule has 2 aromatic rings. The third-order valence-electron chi connectivity index (χ3n) is 2.24. The normalized spacial score (nSPS) is 12.4. The number of carbonyl (C=O) groups excluding carboxylic acids is 1. The van der Waals surface area contributed by atoms with Gasteiger partial charge in [-0.05, 0) is 26.0 Å². The number of aromatic nitrogens is 2. The van der Waals surface area contributed by atoms with Gasteiger partial charge in [-0.2, -0.15) is 0 Å². The molecule has 1 unspecified atom stereocenters. The number of thiophene rings is 1. The van der Waals surface area contributed by atoms with E-state index in [1.165, 1.54) is 11.3 Å². The number of imidazole rings is 1. The number of amides is 1. The second kappa shape index (κ2) is 4.49. The number of aryl methyl sites for hydroxylation is 1. The van der Waals surface area contributed by atoms with Gasteiger partial charge in [-0.1, -0.05) is 0 Å². The summed E-state index contributed by atoms with van der Waals surface area (Å²) in [6.07, 6.45) is 3.42. The van der Waals surface area contributed by atoms with Crippen molar-refractivity contribution in [3.05, 3.63) is 40.1 Å². The summed E-state index contributed by atoms with van der Waals surface area (Å²) < 4.78 is 0. The first-order valence-corrected chi connectivity index (χ1v) is 5.85. The summed E-state index contributed by atoms with van der Waals surface area (Å²) in [5.41, 5.74) is 0. The fourth-order valence-electron chi connectivity index (χ4n) is 1.41. The molecule has 1 amide bonds. The quantitative estimate of drug-likeness (QED) is 0.857. The van der Waals surface area contributed by atoms with Crippen LogP contribution in [0.3, 0.4) is 0 Å². The molecule has 2 heterocycles. The monoisotopic (exact) mass is 235 g/mol. The molecule has 0 fully saturated rings. The Morgan fingerprint density at radius 3 is 2.94 bits per heavy atom. The van der Waals surface area contributed by atoms with E-state index in [1.807, 2.05) is 26.0 Å². The van der Waals surface area contributed by atoms with E-state index in [1.54, 1.807) is 12.4 Å². The number of nitrogens with zero attached hydrogens (tertiary/aromatic N) is 1. The molecule has 0 aliphatic carbocycles. The van der Waals surface area contributed by atoms with Crippen molar-refractivity contribution >= 4 is 17.2 Å². The maximum Gasteiger partial charge on any atom is 0.261 e. The van der Waals surface area contributed by atoms with E-state index in [9.17, 15) is 4.79 Å². The predicted molar refractivity (Wildman–Crippen MR) is 63.5 cm³/mol. The van der Waals surface area contributed by atoms with Crippen LogP contribution in [-0.2, 0) is 0 Å². The Kier molecular flexibility index (Phi) is 3.05. The molecule has 2 aromatic heterocycles. The zero-order chi connectivity index (χ0) is 11.5. The molecule has 0 saturated heterocycles. The van der Waals surface area contributed by atoms with Crippen molar-refractivity contribution in [1.82, 2.24) is 15.3 Å². The number of H-pyrrole nitrogens is 1. The second-order valence-electron chi connectivity index (χ2n) is 3.58. The Morgan fingerprint density at radius 2 is 2.38 bits per heavy atom. The van der Waals surface area contributed by atoms with Gasteiger partial charge in [0.15, 0.2) is 0 Å². The molecule has 2 rings (SSSR count). The summed E-state index contributed by atoms with van der Waals surface area (Å²) >= 11 is 1.49. The first kappa shape index (κ1) is 10.9. The molecule has 0 aliphatic heterocycles. The third kappa shape index (κ3) is 2.30. The van der Waals surface area contributed by atoms with Crippen molar-refractivity contribution in [2.45, 2.75) is 19.9 Å². The van der Waals surface area contributed by atoms with Gasteiger partial charge in [-0.15, -0.1) is 11.3 Å².